The molecule has 0 spiro atoms. The fraction of sp³-hybridized carbons (Fsp3) is 0.636. The molecule has 0 aromatic carbocycles. The van der Waals surface area contributed by atoms with E-state index in [-0.39, 0.29) is 5.91 Å². The Morgan fingerprint density at radius 2 is 2.47 bits per heavy atom. The van der Waals surface area contributed by atoms with Crippen molar-refractivity contribution >= 4 is 11.6 Å². The van der Waals surface area contributed by atoms with Gasteiger partial charge in [0, 0.05) is 19.6 Å². The standard InChI is InChI=1S/C11H18N4O2/c1-2-15-10(9(12)6-13-15)11(17)14-5-3-4-8(16)7-14/h6,8,16H,2-5,7,12H2,1H3/t8-/m0/s1. The lowest BCUT2D eigenvalue weighted by molar-refractivity contribution is 0.0464. The number of carbonyl (C=O) groups excluding carboxylic acids is 1. The molecule has 1 aromatic rings. The average Bonchev–Trinajstić information content (AvgIpc) is 2.69. The smallest absolute Gasteiger partial charge is 0.274 e. The number of nitrogens with two attached hydrogens (primary N) is 1. The number of nitrogens with zero attached hydrogens (tertiary/aromatic N) is 3. The Balaban J connectivity index is 2.21. The highest BCUT2D eigenvalue weighted by atomic mass is 16.3. The second-order valence-electron chi connectivity index (χ2n) is 4.31. The zero-order valence-corrected chi connectivity index (χ0v) is 9.96. The Morgan fingerprint density at radius 1 is 1.71 bits per heavy atom. The number of aliphatic hydroxyl groups is 1. The van der Waals surface area contributed by atoms with Crippen LogP contribution < -0.4 is 5.73 Å². The van der Waals surface area contributed by atoms with Crippen molar-refractivity contribution in [3.8, 4) is 0 Å². The van der Waals surface area contributed by atoms with Crippen LogP contribution in [0.5, 0.6) is 0 Å². The highest BCUT2D eigenvalue weighted by molar-refractivity contribution is 5.97. The molecule has 0 radical (unpaired) electrons. The molecule has 1 saturated heterocycles. The van der Waals surface area contributed by atoms with Gasteiger partial charge in [-0.1, -0.05) is 0 Å². The third-order valence-corrected chi connectivity index (χ3v) is 3.05. The number of hydrogen-bond acceptors (Lipinski definition) is 4. The van der Waals surface area contributed by atoms with Gasteiger partial charge in [-0.3, -0.25) is 9.48 Å². The molecule has 0 saturated carbocycles. The van der Waals surface area contributed by atoms with Crippen LogP contribution in [0.15, 0.2) is 6.20 Å². The zero-order chi connectivity index (χ0) is 12.4. The summed E-state index contributed by atoms with van der Waals surface area (Å²) in [5.41, 5.74) is 6.60. The first-order valence-electron chi connectivity index (χ1n) is 5.92. The van der Waals surface area contributed by atoms with Crippen molar-refractivity contribution in [3.63, 3.8) is 0 Å². The maximum absolute atomic E-state index is 12.3. The van der Waals surface area contributed by atoms with E-state index in [0.29, 0.717) is 31.0 Å². The number of carbonyl (C=O) groups is 1. The number of aliphatic hydroxyl groups excluding tert-OH is 1. The van der Waals surface area contributed by atoms with Gasteiger partial charge in [0.15, 0.2) is 0 Å². The van der Waals surface area contributed by atoms with Gasteiger partial charge in [0.2, 0.25) is 0 Å². The van der Waals surface area contributed by atoms with E-state index in [1.807, 2.05) is 6.92 Å². The minimum absolute atomic E-state index is 0.138. The molecule has 3 N–H and O–H groups in total. The number of amides is 1. The molecule has 0 aliphatic carbocycles. The van der Waals surface area contributed by atoms with E-state index < -0.39 is 6.10 Å². The van der Waals surface area contributed by atoms with Crippen LogP contribution >= 0.6 is 0 Å². The molecular formula is C11H18N4O2. The number of nitrogen functional groups attached to an aromatic ring is 1. The third kappa shape index (κ3) is 2.26. The van der Waals surface area contributed by atoms with Crippen LogP contribution in [0.2, 0.25) is 0 Å². The van der Waals surface area contributed by atoms with Crippen LogP contribution in [0, 0.1) is 0 Å². The Kier molecular flexibility index (Phi) is 3.33. The minimum Gasteiger partial charge on any atom is -0.396 e. The topological polar surface area (TPSA) is 84.4 Å². The van der Waals surface area contributed by atoms with Gasteiger partial charge in [0.25, 0.3) is 5.91 Å². The second-order valence-corrected chi connectivity index (χ2v) is 4.31. The van der Waals surface area contributed by atoms with Gasteiger partial charge in [-0.2, -0.15) is 5.10 Å². The first kappa shape index (κ1) is 11.9. The predicted octanol–water partition coefficient (Wildman–Crippen LogP) is 0.0821. The SMILES string of the molecule is CCn1ncc(N)c1C(=O)N1CCC[C@H](O)C1. The first-order chi connectivity index (χ1) is 8.13. The average molecular weight is 238 g/mol. The number of aromatic nitrogens is 2. The molecule has 1 aromatic heterocycles. The fourth-order valence-corrected chi connectivity index (χ4v) is 2.16. The van der Waals surface area contributed by atoms with Gasteiger partial charge in [-0.15, -0.1) is 0 Å². The molecule has 1 aliphatic rings. The molecule has 0 unspecified atom stereocenters. The van der Waals surface area contributed by atoms with Gasteiger partial charge in [0.1, 0.15) is 5.69 Å². The normalized spacial score (nSPS) is 20.6. The zero-order valence-electron chi connectivity index (χ0n) is 9.96. The van der Waals surface area contributed by atoms with Crippen molar-refractivity contribution in [2.75, 3.05) is 18.8 Å². The maximum atomic E-state index is 12.3. The van der Waals surface area contributed by atoms with Crippen LogP contribution in [0.3, 0.4) is 0 Å². The first-order valence-corrected chi connectivity index (χ1v) is 5.92. The van der Waals surface area contributed by atoms with Gasteiger partial charge < -0.3 is 15.7 Å². The van der Waals surface area contributed by atoms with E-state index >= 15 is 0 Å². The highest BCUT2D eigenvalue weighted by Crippen LogP contribution is 2.17. The molecule has 6 heteroatoms. The summed E-state index contributed by atoms with van der Waals surface area (Å²) in [6.45, 7) is 3.57. The Labute approximate surface area is 100 Å². The van der Waals surface area contributed by atoms with Crippen molar-refractivity contribution in [2.45, 2.75) is 32.4 Å². The fourth-order valence-electron chi connectivity index (χ4n) is 2.16. The van der Waals surface area contributed by atoms with Crippen molar-refractivity contribution in [3.05, 3.63) is 11.9 Å². The number of rotatable bonds is 2. The summed E-state index contributed by atoms with van der Waals surface area (Å²) >= 11 is 0. The molecule has 2 heterocycles. The number of β-amino-alcohol motifs (C(OH)–C–C–N with tert-alkyl or cyclic N) is 1. The number of hydrogen-bond donors (Lipinski definition) is 2. The Morgan fingerprint density at radius 3 is 3.12 bits per heavy atom. The lowest BCUT2D eigenvalue weighted by Crippen LogP contribution is -2.43. The van der Waals surface area contributed by atoms with E-state index in [9.17, 15) is 9.90 Å². The van der Waals surface area contributed by atoms with Crippen LogP contribution in [0.4, 0.5) is 5.69 Å². The van der Waals surface area contributed by atoms with Gasteiger partial charge in [0.05, 0.1) is 18.0 Å². The summed E-state index contributed by atoms with van der Waals surface area (Å²) in [5, 5.41) is 13.6. The monoisotopic (exact) mass is 238 g/mol. The number of likely N-dealkylation sites (tertiary alicyclic amines) is 1. The third-order valence-electron chi connectivity index (χ3n) is 3.05. The number of aryl methyl sites for hydroxylation is 1. The minimum atomic E-state index is -0.424. The van der Waals surface area contributed by atoms with E-state index in [4.69, 9.17) is 5.73 Å². The molecule has 1 atom stereocenters. The Bertz CT molecular complexity index is 416. The summed E-state index contributed by atoms with van der Waals surface area (Å²) in [6.07, 6.45) is 2.66. The molecule has 2 rings (SSSR count). The Hall–Kier alpha value is -1.56. The van der Waals surface area contributed by atoms with Gasteiger partial charge in [-0.05, 0) is 19.8 Å². The second kappa shape index (κ2) is 4.75. The molecule has 1 fully saturated rings. The highest BCUT2D eigenvalue weighted by Gasteiger charge is 2.26. The summed E-state index contributed by atoms with van der Waals surface area (Å²) in [5.74, 6) is -0.138. The lowest BCUT2D eigenvalue weighted by Gasteiger charge is -2.30. The molecule has 94 valence electrons. The molecule has 0 bridgehead atoms. The molecule has 17 heavy (non-hydrogen) atoms. The summed E-state index contributed by atoms with van der Waals surface area (Å²) in [4.78, 5) is 13.9. The van der Waals surface area contributed by atoms with Crippen LogP contribution in [-0.4, -0.2) is 44.9 Å². The molecular weight excluding hydrogens is 220 g/mol. The quantitative estimate of drug-likeness (QED) is 0.764. The van der Waals surface area contributed by atoms with Crippen LogP contribution in [-0.2, 0) is 6.54 Å². The van der Waals surface area contributed by atoms with Crippen molar-refractivity contribution in [2.24, 2.45) is 0 Å². The molecule has 1 amide bonds. The van der Waals surface area contributed by atoms with Gasteiger partial charge >= 0.3 is 0 Å². The predicted molar refractivity (Wildman–Crippen MR) is 63.5 cm³/mol. The van der Waals surface area contributed by atoms with Crippen molar-refractivity contribution in [1.29, 1.82) is 0 Å². The summed E-state index contributed by atoms with van der Waals surface area (Å²) < 4.78 is 1.60. The van der Waals surface area contributed by atoms with Crippen LogP contribution in [0.1, 0.15) is 30.3 Å². The molecule has 6 nitrogen and oxygen atoms in total. The van der Waals surface area contributed by atoms with Gasteiger partial charge in [-0.25, -0.2) is 0 Å². The van der Waals surface area contributed by atoms with Crippen LogP contribution in [0.25, 0.3) is 0 Å². The van der Waals surface area contributed by atoms with E-state index in [1.54, 1.807) is 9.58 Å². The maximum Gasteiger partial charge on any atom is 0.274 e. The van der Waals surface area contributed by atoms with E-state index in [1.165, 1.54) is 6.20 Å². The van der Waals surface area contributed by atoms with Crippen molar-refractivity contribution < 1.29 is 9.90 Å². The lowest BCUT2D eigenvalue weighted by atomic mass is 10.1. The number of anilines is 1. The van der Waals surface area contributed by atoms with Crippen molar-refractivity contribution in [1.82, 2.24) is 14.7 Å². The molecule has 1 aliphatic heterocycles. The summed E-state index contributed by atoms with van der Waals surface area (Å²) in [6, 6.07) is 0. The van der Waals surface area contributed by atoms with E-state index in [0.717, 1.165) is 12.8 Å². The largest absolute Gasteiger partial charge is 0.396 e. The summed E-state index contributed by atoms with van der Waals surface area (Å²) in [7, 11) is 0. The van der Waals surface area contributed by atoms with E-state index in [2.05, 4.69) is 5.10 Å². The number of piperidine rings is 1.